The third-order valence-corrected chi connectivity index (χ3v) is 5.15. The molecule has 0 bridgehead atoms. The van der Waals surface area contributed by atoms with Crippen molar-refractivity contribution in [2.75, 3.05) is 11.9 Å². The van der Waals surface area contributed by atoms with Crippen LogP contribution in [0.2, 0.25) is 0 Å². The van der Waals surface area contributed by atoms with Gasteiger partial charge in [-0.05, 0) is 42.2 Å². The van der Waals surface area contributed by atoms with E-state index >= 15 is 0 Å². The molecule has 0 aliphatic rings. The van der Waals surface area contributed by atoms with Crippen LogP contribution < -0.4 is 10.6 Å². The highest BCUT2D eigenvalue weighted by Crippen LogP contribution is 2.30. The van der Waals surface area contributed by atoms with Crippen LogP contribution in [0.15, 0.2) is 55.0 Å². The molecule has 2 heterocycles. The Labute approximate surface area is 200 Å². The van der Waals surface area contributed by atoms with Crippen molar-refractivity contribution in [3.63, 3.8) is 0 Å². The number of pyridine rings is 1. The maximum Gasteiger partial charge on any atom is 0.419 e. The van der Waals surface area contributed by atoms with Crippen molar-refractivity contribution in [2.24, 2.45) is 5.92 Å². The molecule has 0 aliphatic heterocycles. The maximum atomic E-state index is 12.9. The molecule has 1 unspecified atom stereocenters. The van der Waals surface area contributed by atoms with Gasteiger partial charge in [-0.25, -0.2) is 9.67 Å². The molecule has 1 atom stereocenters. The first kappa shape index (κ1) is 25.7. The van der Waals surface area contributed by atoms with E-state index in [0.29, 0.717) is 23.0 Å². The van der Waals surface area contributed by atoms with Crippen LogP contribution in [-0.2, 0) is 11.0 Å². The SMILES string of the molecule is CC(C)CC(Nc1ccc(C(=O)NCCC(=O)O)cn1)c1ccc(-n2cc(C(F)(F)F)cn2)cc1. The van der Waals surface area contributed by atoms with Crippen LogP contribution in [0.25, 0.3) is 5.69 Å². The Kier molecular flexibility index (Phi) is 8.10. The topological polar surface area (TPSA) is 109 Å². The smallest absolute Gasteiger partial charge is 0.419 e. The summed E-state index contributed by atoms with van der Waals surface area (Å²) in [6.07, 6.45) is -0.714. The molecule has 11 heteroatoms. The lowest BCUT2D eigenvalue weighted by molar-refractivity contribution is -0.138. The number of amides is 1. The number of carbonyl (C=O) groups excluding carboxylic acids is 1. The van der Waals surface area contributed by atoms with Gasteiger partial charge in [0, 0.05) is 18.9 Å². The van der Waals surface area contributed by atoms with Gasteiger partial charge in [0.15, 0.2) is 0 Å². The lowest BCUT2D eigenvalue weighted by atomic mass is 9.96. The summed E-state index contributed by atoms with van der Waals surface area (Å²) in [5.74, 6) is -0.523. The second-order valence-corrected chi connectivity index (χ2v) is 8.42. The summed E-state index contributed by atoms with van der Waals surface area (Å²) >= 11 is 0. The van der Waals surface area contributed by atoms with E-state index in [0.717, 1.165) is 24.4 Å². The van der Waals surface area contributed by atoms with E-state index in [1.165, 1.54) is 10.9 Å². The molecule has 186 valence electrons. The van der Waals surface area contributed by atoms with Crippen LogP contribution in [0, 0.1) is 5.92 Å². The Hall–Kier alpha value is -3.89. The lowest BCUT2D eigenvalue weighted by Crippen LogP contribution is -2.26. The van der Waals surface area contributed by atoms with Crippen molar-refractivity contribution >= 4 is 17.7 Å². The average Bonchev–Trinajstić information content (AvgIpc) is 3.30. The number of hydrogen-bond donors (Lipinski definition) is 3. The van der Waals surface area contributed by atoms with Gasteiger partial charge in [0.05, 0.1) is 35.5 Å². The lowest BCUT2D eigenvalue weighted by Gasteiger charge is -2.22. The number of nitrogens with one attached hydrogen (secondary N) is 2. The van der Waals surface area contributed by atoms with E-state index in [9.17, 15) is 22.8 Å². The van der Waals surface area contributed by atoms with Gasteiger partial charge in [-0.15, -0.1) is 0 Å². The zero-order chi connectivity index (χ0) is 25.6. The first-order valence-corrected chi connectivity index (χ1v) is 11.0. The highest BCUT2D eigenvalue weighted by molar-refractivity contribution is 5.94. The minimum Gasteiger partial charge on any atom is -0.481 e. The third-order valence-electron chi connectivity index (χ3n) is 5.15. The van der Waals surface area contributed by atoms with Crippen LogP contribution >= 0.6 is 0 Å². The molecule has 1 aromatic carbocycles. The summed E-state index contributed by atoms with van der Waals surface area (Å²) in [4.78, 5) is 27.0. The van der Waals surface area contributed by atoms with Crippen LogP contribution in [-0.4, -0.2) is 38.3 Å². The van der Waals surface area contributed by atoms with Gasteiger partial charge in [-0.1, -0.05) is 26.0 Å². The number of nitrogens with zero attached hydrogens (tertiary/aromatic N) is 3. The number of alkyl halides is 3. The molecule has 35 heavy (non-hydrogen) atoms. The molecular weight excluding hydrogens is 463 g/mol. The number of carbonyl (C=O) groups is 2. The molecule has 3 N–H and O–H groups in total. The summed E-state index contributed by atoms with van der Waals surface area (Å²) in [6.45, 7) is 4.17. The van der Waals surface area contributed by atoms with Crippen LogP contribution in [0.4, 0.5) is 19.0 Å². The molecule has 0 saturated carbocycles. The van der Waals surface area contributed by atoms with Crippen LogP contribution in [0.1, 0.15) is 54.2 Å². The fourth-order valence-electron chi connectivity index (χ4n) is 3.40. The van der Waals surface area contributed by atoms with Gasteiger partial charge >= 0.3 is 12.1 Å². The number of carboxylic acids is 1. The number of aromatic nitrogens is 3. The molecule has 0 aliphatic carbocycles. The van der Waals surface area contributed by atoms with Crippen LogP contribution in [0.3, 0.4) is 0 Å². The first-order valence-electron chi connectivity index (χ1n) is 11.0. The van der Waals surface area contributed by atoms with Gasteiger partial charge in [-0.2, -0.15) is 18.3 Å². The molecule has 0 fully saturated rings. The van der Waals surface area contributed by atoms with Crippen molar-refractivity contribution in [1.29, 1.82) is 0 Å². The first-order chi connectivity index (χ1) is 16.5. The quantitative estimate of drug-likeness (QED) is 0.381. The maximum absolute atomic E-state index is 12.9. The molecule has 3 rings (SSSR count). The Morgan fingerprint density at radius 3 is 2.34 bits per heavy atom. The van der Waals surface area contributed by atoms with Gasteiger partial charge < -0.3 is 15.7 Å². The molecule has 0 spiro atoms. The van der Waals surface area contributed by atoms with Crippen molar-refractivity contribution in [2.45, 2.75) is 38.9 Å². The van der Waals surface area contributed by atoms with Crippen molar-refractivity contribution in [3.8, 4) is 5.69 Å². The minimum absolute atomic E-state index is 0.0245. The molecule has 1 amide bonds. The standard InChI is InChI=1S/C24H26F3N5O3/c1-15(2)11-20(31-21-8-5-17(12-29-21)23(35)28-10-9-22(33)34)16-3-6-19(7-4-16)32-14-18(13-30-32)24(25,26)27/h3-8,12-15,20H,9-11H2,1-2H3,(H,28,35)(H,29,31)(H,33,34). The van der Waals surface area contributed by atoms with E-state index in [2.05, 4.69) is 34.6 Å². The summed E-state index contributed by atoms with van der Waals surface area (Å²) in [5.41, 5.74) is 0.918. The molecular formula is C24H26F3N5O3. The Balaban J connectivity index is 1.70. The summed E-state index contributed by atoms with van der Waals surface area (Å²) < 4.78 is 39.8. The third kappa shape index (κ3) is 7.29. The number of carboxylic acid groups (broad SMARTS) is 1. The van der Waals surface area contributed by atoms with Gasteiger partial charge in [-0.3, -0.25) is 9.59 Å². The molecule has 8 nitrogen and oxygen atoms in total. The van der Waals surface area contributed by atoms with Crippen molar-refractivity contribution in [3.05, 3.63) is 71.7 Å². The second-order valence-electron chi connectivity index (χ2n) is 8.42. The second kappa shape index (κ2) is 11.0. The Morgan fingerprint density at radius 1 is 1.09 bits per heavy atom. The number of benzene rings is 1. The van der Waals surface area contributed by atoms with Crippen molar-refractivity contribution in [1.82, 2.24) is 20.1 Å². The van der Waals surface area contributed by atoms with E-state index in [1.807, 2.05) is 12.1 Å². The zero-order valence-electron chi connectivity index (χ0n) is 19.2. The van der Waals surface area contributed by atoms with E-state index in [-0.39, 0.29) is 19.0 Å². The minimum atomic E-state index is -4.45. The van der Waals surface area contributed by atoms with E-state index < -0.39 is 23.6 Å². The predicted octanol–water partition coefficient (Wildman–Crippen LogP) is 4.69. The number of aliphatic carboxylic acids is 1. The number of halogens is 3. The largest absolute Gasteiger partial charge is 0.481 e. The molecule has 3 aromatic rings. The summed E-state index contributed by atoms with van der Waals surface area (Å²) in [5, 5.41) is 18.3. The fraction of sp³-hybridized carbons (Fsp3) is 0.333. The molecule has 0 saturated heterocycles. The average molecular weight is 489 g/mol. The zero-order valence-corrected chi connectivity index (χ0v) is 19.2. The van der Waals surface area contributed by atoms with Gasteiger partial charge in [0.2, 0.25) is 0 Å². The van der Waals surface area contributed by atoms with E-state index in [1.54, 1.807) is 24.3 Å². The normalized spacial score (nSPS) is 12.4. The number of anilines is 1. The van der Waals surface area contributed by atoms with Crippen LogP contribution in [0.5, 0.6) is 0 Å². The monoisotopic (exact) mass is 489 g/mol. The summed E-state index contributed by atoms with van der Waals surface area (Å²) in [6, 6.07) is 10.2. The molecule has 0 radical (unpaired) electrons. The van der Waals surface area contributed by atoms with E-state index in [4.69, 9.17) is 5.11 Å². The predicted molar refractivity (Wildman–Crippen MR) is 123 cm³/mol. The summed E-state index contributed by atoms with van der Waals surface area (Å²) in [7, 11) is 0. The Morgan fingerprint density at radius 2 is 1.80 bits per heavy atom. The number of rotatable bonds is 10. The fourth-order valence-corrected chi connectivity index (χ4v) is 3.40. The highest BCUT2D eigenvalue weighted by atomic mass is 19.4. The van der Waals surface area contributed by atoms with Gasteiger partial charge in [0.1, 0.15) is 5.82 Å². The van der Waals surface area contributed by atoms with Gasteiger partial charge in [0.25, 0.3) is 5.91 Å². The molecule has 2 aromatic heterocycles. The highest BCUT2D eigenvalue weighted by Gasteiger charge is 2.32. The number of hydrogen-bond acceptors (Lipinski definition) is 5. The Bertz CT molecular complexity index is 1140. The van der Waals surface area contributed by atoms with Crippen molar-refractivity contribution < 1.29 is 27.9 Å².